The lowest BCUT2D eigenvalue weighted by atomic mass is 10.0. The molecule has 1 aromatic rings. The molecule has 0 aromatic carbocycles. The lowest BCUT2D eigenvalue weighted by Crippen LogP contribution is -2.29. The maximum atomic E-state index is 11.7. The van der Waals surface area contributed by atoms with E-state index in [0.29, 0.717) is 30.9 Å². The SMILES string of the molecule is Cc1nn(CCC(=O)NCCC(O)C(C)C)c(C)c1[N+](=O)[O-]. The Morgan fingerprint density at radius 1 is 1.45 bits per heavy atom. The molecule has 1 heterocycles. The monoisotopic (exact) mass is 312 g/mol. The van der Waals surface area contributed by atoms with Crippen LogP contribution in [0.2, 0.25) is 0 Å². The van der Waals surface area contributed by atoms with Crippen molar-refractivity contribution < 1.29 is 14.8 Å². The van der Waals surface area contributed by atoms with Crippen LogP contribution in [0.5, 0.6) is 0 Å². The van der Waals surface area contributed by atoms with Gasteiger partial charge in [-0.25, -0.2) is 0 Å². The van der Waals surface area contributed by atoms with E-state index in [-0.39, 0.29) is 23.9 Å². The Balaban J connectivity index is 2.45. The number of carbonyl (C=O) groups is 1. The fourth-order valence-corrected chi connectivity index (χ4v) is 2.16. The van der Waals surface area contributed by atoms with E-state index in [4.69, 9.17) is 0 Å². The van der Waals surface area contributed by atoms with E-state index in [0.717, 1.165) is 0 Å². The van der Waals surface area contributed by atoms with Gasteiger partial charge in [-0.1, -0.05) is 13.8 Å². The summed E-state index contributed by atoms with van der Waals surface area (Å²) in [5.74, 6) is -0.00156. The molecule has 0 aliphatic heterocycles. The Morgan fingerprint density at radius 2 is 2.09 bits per heavy atom. The molecule has 1 unspecified atom stereocenters. The summed E-state index contributed by atoms with van der Waals surface area (Å²) in [6.45, 7) is 7.74. The molecule has 8 heteroatoms. The van der Waals surface area contributed by atoms with Crippen LogP contribution in [0.25, 0.3) is 0 Å². The third-order valence-corrected chi connectivity index (χ3v) is 3.61. The number of aryl methyl sites for hydroxylation is 2. The van der Waals surface area contributed by atoms with Crippen molar-refractivity contribution in [1.82, 2.24) is 15.1 Å². The highest BCUT2D eigenvalue weighted by molar-refractivity contribution is 5.75. The van der Waals surface area contributed by atoms with Gasteiger partial charge in [-0.3, -0.25) is 19.6 Å². The van der Waals surface area contributed by atoms with E-state index in [2.05, 4.69) is 10.4 Å². The first-order valence-electron chi connectivity index (χ1n) is 7.37. The summed E-state index contributed by atoms with van der Waals surface area (Å²) in [5.41, 5.74) is 0.800. The van der Waals surface area contributed by atoms with Gasteiger partial charge in [0.05, 0.1) is 17.6 Å². The van der Waals surface area contributed by atoms with Crippen LogP contribution in [0.15, 0.2) is 0 Å². The van der Waals surface area contributed by atoms with E-state index in [1.165, 1.54) is 4.68 Å². The number of hydrogen-bond acceptors (Lipinski definition) is 5. The second kappa shape index (κ2) is 7.88. The van der Waals surface area contributed by atoms with Crippen molar-refractivity contribution in [2.24, 2.45) is 5.92 Å². The first-order chi connectivity index (χ1) is 10.2. The van der Waals surface area contributed by atoms with Crippen LogP contribution in [0, 0.1) is 29.9 Å². The largest absolute Gasteiger partial charge is 0.393 e. The summed E-state index contributed by atoms with van der Waals surface area (Å²) < 4.78 is 1.48. The van der Waals surface area contributed by atoms with E-state index in [1.54, 1.807) is 13.8 Å². The topological polar surface area (TPSA) is 110 Å². The molecule has 0 bridgehead atoms. The molecule has 2 N–H and O–H groups in total. The minimum absolute atomic E-state index is 0.000430. The molecule has 1 amide bonds. The fourth-order valence-electron chi connectivity index (χ4n) is 2.16. The van der Waals surface area contributed by atoms with Crippen LogP contribution in [-0.4, -0.2) is 38.4 Å². The van der Waals surface area contributed by atoms with Gasteiger partial charge in [-0.05, 0) is 26.2 Å². The normalized spacial score (nSPS) is 12.5. The summed E-state index contributed by atoms with van der Waals surface area (Å²) in [6, 6.07) is 0. The van der Waals surface area contributed by atoms with Gasteiger partial charge in [0.2, 0.25) is 5.91 Å². The molecule has 0 aliphatic rings. The zero-order valence-electron chi connectivity index (χ0n) is 13.5. The van der Waals surface area contributed by atoms with Gasteiger partial charge < -0.3 is 10.4 Å². The Labute approximate surface area is 129 Å². The van der Waals surface area contributed by atoms with Crippen molar-refractivity contribution in [2.45, 2.75) is 53.2 Å². The highest BCUT2D eigenvalue weighted by atomic mass is 16.6. The molecule has 0 spiro atoms. The summed E-state index contributed by atoms with van der Waals surface area (Å²) >= 11 is 0. The van der Waals surface area contributed by atoms with Gasteiger partial charge in [0, 0.05) is 13.0 Å². The summed E-state index contributed by atoms with van der Waals surface area (Å²) in [4.78, 5) is 22.2. The van der Waals surface area contributed by atoms with Crippen LogP contribution in [0.3, 0.4) is 0 Å². The number of amides is 1. The zero-order valence-corrected chi connectivity index (χ0v) is 13.5. The van der Waals surface area contributed by atoms with Crippen molar-refractivity contribution in [3.8, 4) is 0 Å². The molecule has 1 atom stereocenters. The molecular formula is C14H24N4O4. The predicted octanol–water partition coefficient (Wildman–Crippen LogP) is 1.32. The zero-order chi connectivity index (χ0) is 16.9. The number of nitrogens with one attached hydrogen (secondary N) is 1. The van der Waals surface area contributed by atoms with Crippen LogP contribution in [-0.2, 0) is 11.3 Å². The van der Waals surface area contributed by atoms with Gasteiger partial charge >= 0.3 is 5.69 Å². The van der Waals surface area contributed by atoms with E-state index in [9.17, 15) is 20.0 Å². The highest BCUT2D eigenvalue weighted by Gasteiger charge is 2.21. The maximum absolute atomic E-state index is 11.7. The van der Waals surface area contributed by atoms with E-state index >= 15 is 0 Å². The average molecular weight is 312 g/mol. The Hall–Kier alpha value is -1.96. The van der Waals surface area contributed by atoms with Gasteiger partial charge in [-0.2, -0.15) is 5.10 Å². The molecule has 1 aromatic heterocycles. The standard InChI is InChI=1S/C14H24N4O4/c1-9(2)12(19)5-7-15-13(20)6-8-17-11(4)14(18(21)22)10(3)16-17/h9,12,19H,5-8H2,1-4H3,(H,15,20). The molecular weight excluding hydrogens is 288 g/mol. The molecule has 0 fully saturated rings. The van der Waals surface area contributed by atoms with Crippen molar-refractivity contribution in [3.63, 3.8) is 0 Å². The quantitative estimate of drug-likeness (QED) is 0.555. The molecule has 124 valence electrons. The third kappa shape index (κ3) is 4.80. The maximum Gasteiger partial charge on any atom is 0.312 e. The van der Waals surface area contributed by atoms with Crippen LogP contribution >= 0.6 is 0 Å². The van der Waals surface area contributed by atoms with Crippen molar-refractivity contribution >= 4 is 11.6 Å². The molecule has 0 radical (unpaired) electrons. The highest BCUT2D eigenvalue weighted by Crippen LogP contribution is 2.21. The number of aliphatic hydroxyl groups is 1. The van der Waals surface area contributed by atoms with Crippen molar-refractivity contribution in [3.05, 3.63) is 21.5 Å². The average Bonchev–Trinajstić information content (AvgIpc) is 2.70. The number of carbonyl (C=O) groups excluding carboxylic acids is 1. The predicted molar refractivity (Wildman–Crippen MR) is 81.4 cm³/mol. The van der Waals surface area contributed by atoms with Crippen molar-refractivity contribution in [2.75, 3.05) is 6.54 Å². The number of aromatic nitrogens is 2. The molecule has 0 aliphatic carbocycles. The molecule has 8 nitrogen and oxygen atoms in total. The van der Waals surface area contributed by atoms with E-state index < -0.39 is 11.0 Å². The number of nitrogens with zero attached hydrogens (tertiary/aromatic N) is 3. The third-order valence-electron chi connectivity index (χ3n) is 3.61. The number of nitro groups is 1. The number of rotatable bonds is 8. The molecule has 0 saturated heterocycles. The van der Waals surface area contributed by atoms with E-state index in [1.807, 2.05) is 13.8 Å². The minimum atomic E-state index is -0.457. The summed E-state index contributed by atoms with van der Waals surface area (Å²) in [6.07, 6.45) is 0.269. The first-order valence-corrected chi connectivity index (χ1v) is 7.37. The van der Waals surface area contributed by atoms with Crippen LogP contribution in [0.4, 0.5) is 5.69 Å². The number of hydrogen-bond donors (Lipinski definition) is 2. The second-order valence-electron chi connectivity index (χ2n) is 5.70. The van der Waals surface area contributed by atoms with Gasteiger partial charge in [-0.15, -0.1) is 0 Å². The van der Waals surface area contributed by atoms with Gasteiger partial charge in [0.15, 0.2) is 0 Å². The van der Waals surface area contributed by atoms with Gasteiger partial charge in [0.25, 0.3) is 0 Å². The van der Waals surface area contributed by atoms with Gasteiger partial charge in [0.1, 0.15) is 11.4 Å². The van der Waals surface area contributed by atoms with Crippen LogP contribution in [0.1, 0.15) is 38.1 Å². The second-order valence-corrected chi connectivity index (χ2v) is 5.70. The Kier molecular flexibility index (Phi) is 6.48. The Bertz CT molecular complexity index is 539. The summed E-state index contributed by atoms with van der Waals surface area (Å²) in [5, 5.41) is 27.4. The fraction of sp³-hybridized carbons (Fsp3) is 0.714. The van der Waals surface area contributed by atoms with Crippen LogP contribution < -0.4 is 5.32 Å². The molecule has 22 heavy (non-hydrogen) atoms. The van der Waals surface area contributed by atoms with Crippen molar-refractivity contribution in [1.29, 1.82) is 0 Å². The lowest BCUT2D eigenvalue weighted by Gasteiger charge is -2.14. The smallest absolute Gasteiger partial charge is 0.312 e. The lowest BCUT2D eigenvalue weighted by molar-refractivity contribution is -0.386. The molecule has 1 rings (SSSR count). The molecule has 0 saturated carbocycles. The summed E-state index contributed by atoms with van der Waals surface area (Å²) in [7, 11) is 0. The first kappa shape index (κ1) is 18.1. The number of aliphatic hydroxyl groups excluding tert-OH is 1. The Morgan fingerprint density at radius 3 is 2.59 bits per heavy atom. The minimum Gasteiger partial charge on any atom is -0.393 e.